The zero-order chi connectivity index (χ0) is 7.28. The van der Waals surface area contributed by atoms with Crippen molar-refractivity contribution in [1.82, 2.24) is 4.90 Å². The van der Waals surface area contributed by atoms with E-state index in [1.807, 2.05) is 0 Å². The molecule has 54 valence electrons. The van der Waals surface area contributed by atoms with Gasteiger partial charge in [0.1, 0.15) is 0 Å². The molecule has 0 aliphatic carbocycles. The summed E-state index contributed by atoms with van der Waals surface area (Å²) in [4.78, 5) is 2.18. The molecule has 1 heteroatoms. The highest BCUT2D eigenvalue weighted by Gasteiger charge is 1.88. The minimum atomic E-state index is 1.09. The van der Waals surface area contributed by atoms with Crippen molar-refractivity contribution < 1.29 is 0 Å². The Morgan fingerprint density at radius 1 is 1.44 bits per heavy atom. The maximum Gasteiger partial charge on any atom is 0.0183 e. The smallest absolute Gasteiger partial charge is 0.0183 e. The molecule has 0 unspecified atom stereocenters. The van der Waals surface area contributed by atoms with Crippen molar-refractivity contribution in [3.05, 3.63) is 11.6 Å². The van der Waals surface area contributed by atoms with Gasteiger partial charge >= 0.3 is 0 Å². The van der Waals surface area contributed by atoms with Gasteiger partial charge in [-0.05, 0) is 27.4 Å². The molecule has 0 N–H and O–H groups in total. The first-order chi connectivity index (χ1) is 4.16. The second-order valence-corrected chi connectivity index (χ2v) is 2.70. The Labute approximate surface area is 58.4 Å². The topological polar surface area (TPSA) is 3.24 Å². The lowest BCUT2D eigenvalue weighted by atomic mass is 10.2. The molecule has 0 aliphatic heterocycles. The lowest BCUT2D eigenvalue weighted by molar-refractivity contribution is 0.444. The van der Waals surface area contributed by atoms with E-state index in [0.29, 0.717) is 0 Å². The molecule has 0 bridgehead atoms. The van der Waals surface area contributed by atoms with Crippen molar-refractivity contribution in [3.8, 4) is 0 Å². The van der Waals surface area contributed by atoms with Gasteiger partial charge in [-0.3, -0.25) is 0 Å². The minimum Gasteiger partial charge on any atom is -0.305 e. The Bertz CT molecular complexity index is 92.7. The maximum atomic E-state index is 2.26. The van der Waals surface area contributed by atoms with E-state index < -0.39 is 0 Å². The van der Waals surface area contributed by atoms with Crippen LogP contribution in [0.5, 0.6) is 0 Å². The van der Waals surface area contributed by atoms with E-state index in [2.05, 4.69) is 38.9 Å². The van der Waals surface area contributed by atoms with Gasteiger partial charge in [-0.1, -0.05) is 18.6 Å². The van der Waals surface area contributed by atoms with Crippen molar-refractivity contribution in [1.29, 1.82) is 0 Å². The summed E-state index contributed by atoms with van der Waals surface area (Å²) in [6.07, 6.45) is 3.42. The molecule has 0 heterocycles. The number of rotatable bonds is 3. The van der Waals surface area contributed by atoms with Gasteiger partial charge in [0.25, 0.3) is 0 Å². The van der Waals surface area contributed by atoms with Gasteiger partial charge in [0.2, 0.25) is 0 Å². The lowest BCUT2D eigenvalue weighted by Gasteiger charge is -2.08. The van der Waals surface area contributed by atoms with Crippen LogP contribution in [0.2, 0.25) is 0 Å². The normalized spacial score (nSPS) is 12.8. The molecule has 0 fully saturated rings. The van der Waals surface area contributed by atoms with Gasteiger partial charge in [0.15, 0.2) is 0 Å². The van der Waals surface area contributed by atoms with Crippen LogP contribution in [0.3, 0.4) is 0 Å². The van der Waals surface area contributed by atoms with Crippen LogP contribution in [-0.2, 0) is 0 Å². The van der Waals surface area contributed by atoms with Crippen molar-refractivity contribution in [2.75, 3.05) is 20.6 Å². The van der Waals surface area contributed by atoms with Crippen LogP contribution < -0.4 is 0 Å². The van der Waals surface area contributed by atoms with Crippen LogP contribution in [0.1, 0.15) is 20.3 Å². The lowest BCUT2D eigenvalue weighted by Crippen LogP contribution is -2.13. The molecule has 0 rings (SSSR count). The number of allylic oxidation sites excluding steroid dienone is 1. The van der Waals surface area contributed by atoms with E-state index in [1.165, 1.54) is 5.57 Å². The SMILES string of the molecule is CC/C=C(/C)CN(C)C. The second-order valence-electron chi connectivity index (χ2n) is 2.70. The second kappa shape index (κ2) is 4.57. The van der Waals surface area contributed by atoms with Crippen LogP contribution in [0.25, 0.3) is 0 Å². The summed E-state index contributed by atoms with van der Waals surface area (Å²) in [5.74, 6) is 0. The number of hydrogen-bond donors (Lipinski definition) is 0. The van der Waals surface area contributed by atoms with Gasteiger partial charge in [-0.2, -0.15) is 0 Å². The van der Waals surface area contributed by atoms with E-state index in [9.17, 15) is 0 Å². The van der Waals surface area contributed by atoms with Crippen LogP contribution in [0.4, 0.5) is 0 Å². The molecular formula is C8H17N. The molecule has 0 aliphatic rings. The molecular weight excluding hydrogens is 110 g/mol. The summed E-state index contributed by atoms with van der Waals surface area (Å²) < 4.78 is 0. The quantitative estimate of drug-likeness (QED) is 0.523. The Balaban J connectivity index is 3.49. The molecule has 0 saturated carbocycles. The highest BCUT2D eigenvalue weighted by molar-refractivity contribution is 4.99. The summed E-state index contributed by atoms with van der Waals surface area (Å²) in [7, 11) is 4.18. The fourth-order valence-corrected chi connectivity index (χ4v) is 0.912. The van der Waals surface area contributed by atoms with Crippen molar-refractivity contribution in [3.63, 3.8) is 0 Å². The highest BCUT2D eigenvalue weighted by atomic mass is 15.0. The summed E-state index contributed by atoms with van der Waals surface area (Å²) >= 11 is 0. The summed E-state index contributed by atoms with van der Waals surface area (Å²) in [6.45, 7) is 5.43. The minimum absolute atomic E-state index is 1.09. The Kier molecular flexibility index (Phi) is 4.41. The fraction of sp³-hybridized carbons (Fsp3) is 0.750. The molecule has 0 amide bonds. The fourth-order valence-electron chi connectivity index (χ4n) is 0.912. The zero-order valence-corrected chi connectivity index (χ0v) is 6.94. The number of likely N-dealkylation sites (N-methyl/N-ethyl adjacent to an activating group) is 1. The van der Waals surface area contributed by atoms with E-state index >= 15 is 0 Å². The predicted octanol–water partition coefficient (Wildman–Crippen LogP) is 1.90. The molecule has 9 heavy (non-hydrogen) atoms. The first kappa shape index (κ1) is 8.70. The average molecular weight is 127 g/mol. The third-order valence-electron chi connectivity index (χ3n) is 1.12. The monoisotopic (exact) mass is 127 g/mol. The molecule has 0 saturated heterocycles. The van der Waals surface area contributed by atoms with Crippen molar-refractivity contribution >= 4 is 0 Å². The van der Waals surface area contributed by atoms with Crippen LogP contribution in [-0.4, -0.2) is 25.5 Å². The van der Waals surface area contributed by atoms with Gasteiger partial charge in [0, 0.05) is 6.54 Å². The standard InChI is InChI=1S/C8H17N/c1-5-6-8(2)7-9(3)4/h6H,5,7H2,1-4H3/b8-6-. The maximum absolute atomic E-state index is 2.26. The number of nitrogens with zero attached hydrogens (tertiary/aromatic N) is 1. The molecule has 0 radical (unpaired) electrons. The molecule has 0 aromatic heterocycles. The van der Waals surface area contributed by atoms with Crippen LogP contribution in [0.15, 0.2) is 11.6 Å². The van der Waals surface area contributed by atoms with E-state index in [-0.39, 0.29) is 0 Å². The van der Waals surface area contributed by atoms with Gasteiger partial charge in [-0.25, -0.2) is 0 Å². The highest BCUT2D eigenvalue weighted by Crippen LogP contribution is 1.95. The van der Waals surface area contributed by atoms with E-state index in [0.717, 1.165) is 13.0 Å². The molecule has 0 aromatic rings. The summed E-state index contributed by atoms with van der Waals surface area (Å²) in [5.41, 5.74) is 1.46. The average Bonchev–Trinajstić information content (AvgIpc) is 1.63. The number of hydrogen-bond acceptors (Lipinski definition) is 1. The molecule has 0 spiro atoms. The molecule has 1 nitrogen and oxygen atoms in total. The molecule has 0 atom stereocenters. The first-order valence-electron chi connectivity index (χ1n) is 3.47. The van der Waals surface area contributed by atoms with Crippen LogP contribution >= 0.6 is 0 Å². The van der Waals surface area contributed by atoms with Crippen molar-refractivity contribution in [2.24, 2.45) is 0 Å². The van der Waals surface area contributed by atoms with Crippen LogP contribution in [0, 0.1) is 0 Å². The molecule has 0 aromatic carbocycles. The van der Waals surface area contributed by atoms with E-state index in [1.54, 1.807) is 0 Å². The largest absolute Gasteiger partial charge is 0.305 e. The third kappa shape index (κ3) is 5.57. The van der Waals surface area contributed by atoms with Crippen molar-refractivity contribution in [2.45, 2.75) is 20.3 Å². The Morgan fingerprint density at radius 3 is 2.33 bits per heavy atom. The Morgan fingerprint density at radius 2 is 2.00 bits per heavy atom. The van der Waals surface area contributed by atoms with Gasteiger partial charge < -0.3 is 4.90 Å². The van der Waals surface area contributed by atoms with Gasteiger partial charge in [-0.15, -0.1) is 0 Å². The first-order valence-corrected chi connectivity index (χ1v) is 3.47. The summed E-state index contributed by atoms with van der Waals surface area (Å²) in [6, 6.07) is 0. The van der Waals surface area contributed by atoms with E-state index in [4.69, 9.17) is 0 Å². The van der Waals surface area contributed by atoms with Gasteiger partial charge in [0.05, 0.1) is 0 Å². The zero-order valence-electron chi connectivity index (χ0n) is 6.94. The Hall–Kier alpha value is -0.300. The summed E-state index contributed by atoms with van der Waals surface area (Å²) in [5, 5.41) is 0. The predicted molar refractivity (Wildman–Crippen MR) is 42.6 cm³/mol. The third-order valence-corrected chi connectivity index (χ3v) is 1.12.